The predicted molar refractivity (Wildman–Crippen MR) is 61.8 cm³/mol. The van der Waals surface area contributed by atoms with Crippen molar-refractivity contribution in [2.24, 2.45) is 0 Å². The van der Waals surface area contributed by atoms with Crippen LogP contribution in [0.15, 0.2) is 24.7 Å². The summed E-state index contributed by atoms with van der Waals surface area (Å²) in [6, 6.07) is 1.69. The van der Waals surface area contributed by atoms with Gasteiger partial charge in [0.15, 0.2) is 10.8 Å². The molecule has 0 aromatic carbocycles. The van der Waals surface area contributed by atoms with Crippen molar-refractivity contribution in [3.8, 4) is 0 Å². The van der Waals surface area contributed by atoms with E-state index in [1.54, 1.807) is 13.0 Å². The smallest absolute Gasteiger partial charge is 0.277 e. The van der Waals surface area contributed by atoms with Gasteiger partial charge in [0.05, 0.1) is 17.6 Å². The van der Waals surface area contributed by atoms with Crippen molar-refractivity contribution in [1.82, 2.24) is 20.2 Å². The number of nitrogens with zero attached hydrogens (tertiary/aromatic N) is 4. The lowest BCUT2D eigenvalue weighted by Gasteiger charge is -2.04. The van der Waals surface area contributed by atoms with Crippen LogP contribution in [-0.2, 0) is 0 Å². The van der Waals surface area contributed by atoms with E-state index in [0.29, 0.717) is 11.4 Å². The number of halogens is 1. The number of amides is 1. The van der Waals surface area contributed by atoms with Crippen molar-refractivity contribution < 1.29 is 4.79 Å². The fourth-order valence-electron chi connectivity index (χ4n) is 1.21. The van der Waals surface area contributed by atoms with E-state index in [-0.39, 0.29) is 10.8 Å². The Labute approximate surface area is 102 Å². The van der Waals surface area contributed by atoms with Crippen LogP contribution in [0, 0.1) is 6.92 Å². The number of hydrogen-bond acceptors (Lipinski definition) is 5. The largest absolute Gasteiger partial charge is 0.319 e. The van der Waals surface area contributed by atoms with Crippen molar-refractivity contribution in [2.75, 3.05) is 5.32 Å². The summed E-state index contributed by atoms with van der Waals surface area (Å²) in [4.78, 5) is 19.4. The molecule has 1 N–H and O–H groups in total. The number of carbonyl (C=O) groups excluding carboxylic acids is 1. The maximum Gasteiger partial charge on any atom is 0.277 e. The molecule has 0 radical (unpaired) electrons. The number of nitrogens with one attached hydrogen (secondary N) is 1. The second-order valence-electron chi connectivity index (χ2n) is 3.24. The van der Waals surface area contributed by atoms with Gasteiger partial charge in [0.2, 0.25) is 0 Å². The number of hydrogen-bond donors (Lipinski definition) is 1. The van der Waals surface area contributed by atoms with Crippen LogP contribution in [-0.4, -0.2) is 26.1 Å². The summed E-state index contributed by atoms with van der Waals surface area (Å²) in [7, 11) is 0. The maximum atomic E-state index is 11.8. The van der Waals surface area contributed by atoms with Crippen LogP contribution in [0.3, 0.4) is 0 Å². The van der Waals surface area contributed by atoms with Gasteiger partial charge < -0.3 is 5.32 Å². The van der Waals surface area contributed by atoms with E-state index in [0.717, 1.165) is 0 Å². The van der Waals surface area contributed by atoms with Gasteiger partial charge in [-0.3, -0.25) is 4.79 Å². The van der Waals surface area contributed by atoms with Gasteiger partial charge in [-0.25, -0.2) is 9.97 Å². The first kappa shape index (κ1) is 11.4. The van der Waals surface area contributed by atoms with Gasteiger partial charge in [0.1, 0.15) is 0 Å². The Morgan fingerprint density at radius 3 is 2.82 bits per heavy atom. The number of rotatable bonds is 2. The first-order valence-electron chi connectivity index (χ1n) is 4.74. The van der Waals surface area contributed by atoms with E-state index >= 15 is 0 Å². The molecule has 7 heteroatoms. The molecular weight excluding hydrogens is 242 g/mol. The number of aromatic nitrogens is 4. The zero-order valence-corrected chi connectivity index (χ0v) is 9.64. The predicted octanol–water partition coefficient (Wildman–Crippen LogP) is 1.48. The van der Waals surface area contributed by atoms with Crippen LogP contribution in [0.5, 0.6) is 0 Å². The quantitative estimate of drug-likeness (QED) is 0.872. The Bertz CT molecular complexity index is 560. The summed E-state index contributed by atoms with van der Waals surface area (Å²) in [5, 5.41) is 10.2. The van der Waals surface area contributed by atoms with Crippen LogP contribution < -0.4 is 5.32 Å². The van der Waals surface area contributed by atoms with E-state index in [1.807, 2.05) is 0 Å². The van der Waals surface area contributed by atoms with Crippen LogP contribution in [0.1, 0.15) is 16.2 Å². The molecule has 0 spiro atoms. The molecule has 0 aliphatic heterocycles. The molecule has 2 heterocycles. The Kier molecular flexibility index (Phi) is 3.24. The topological polar surface area (TPSA) is 80.7 Å². The maximum absolute atomic E-state index is 11.8. The molecule has 2 aromatic heterocycles. The lowest BCUT2D eigenvalue weighted by molar-refractivity contribution is 0.102. The van der Waals surface area contributed by atoms with E-state index in [9.17, 15) is 4.79 Å². The van der Waals surface area contributed by atoms with Gasteiger partial charge in [0, 0.05) is 12.4 Å². The fourth-order valence-corrected chi connectivity index (χ4v) is 1.40. The monoisotopic (exact) mass is 249 g/mol. The summed E-state index contributed by atoms with van der Waals surface area (Å²) < 4.78 is 0. The molecule has 2 aromatic rings. The molecule has 0 saturated heterocycles. The average molecular weight is 250 g/mol. The van der Waals surface area contributed by atoms with Crippen molar-refractivity contribution in [3.63, 3.8) is 0 Å². The molecule has 0 aliphatic carbocycles. The Hall–Kier alpha value is -2.08. The summed E-state index contributed by atoms with van der Waals surface area (Å²) in [6.07, 6.45) is 4.25. The van der Waals surface area contributed by atoms with Gasteiger partial charge in [-0.05, 0) is 13.0 Å². The first-order chi connectivity index (χ1) is 8.16. The van der Waals surface area contributed by atoms with Crippen LogP contribution in [0.2, 0.25) is 5.15 Å². The molecule has 1 amide bonds. The molecule has 17 heavy (non-hydrogen) atoms. The highest BCUT2D eigenvalue weighted by molar-refractivity contribution is 6.32. The van der Waals surface area contributed by atoms with Crippen LogP contribution in [0.25, 0.3) is 0 Å². The van der Waals surface area contributed by atoms with Gasteiger partial charge >= 0.3 is 0 Å². The third-order valence-corrected chi connectivity index (χ3v) is 2.18. The zero-order valence-electron chi connectivity index (χ0n) is 8.88. The lowest BCUT2D eigenvalue weighted by Crippen LogP contribution is -2.15. The first-order valence-corrected chi connectivity index (χ1v) is 5.12. The van der Waals surface area contributed by atoms with E-state index < -0.39 is 5.91 Å². The second-order valence-corrected chi connectivity index (χ2v) is 3.59. The standard InChI is InChI=1S/C10H8ClN5O/c1-6-4-7(5-14-16-6)15-10(17)8-9(11)13-3-2-12-8/h2-5H,1H3,(H,15,16,17). The number of aryl methyl sites for hydroxylation is 1. The molecular formula is C10H8ClN5O. The highest BCUT2D eigenvalue weighted by Crippen LogP contribution is 2.12. The Morgan fingerprint density at radius 1 is 1.35 bits per heavy atom. The summed E-state index contributed by atoms with van der Waals surface area (Å²) in [5.74, 6) is -0.435. The average Bonchev–Trinajstić information content (AvgIpc) is 2.29. The summed E-state index contributed by atoms with van der Waals surface area (Å²) in [5.41, 5.74) is 1.31. The molecule has 0 unspecified atom stereocenters. The number of anilines is 1. The van der Waals surface area contributed by atoms with E-state index in [4.69, 9.17) is 11.6 Å². The van der Waals surface area contributed by atoms with Gasteiger partial charge in [0.25, 0.3) is 5.91 Å². The molecule has 0 atom stereocenters. The van der Waals surface area contributed by atoms with Gasteiger partial charge in [-0.2, -0.15) is 10.2 Å². The Balaban J connectivity index is 2.20. The van der Waals surface area contributed by atoms with Crippen molar-refractivity contribution in [3.05, 3.63) is 41.2 Å². The molecule has 86 valence electrons. The molecule has 0 saturated carbocycles. The molecule has 6 nitrogen and oxygen atoms in total. The molecule has 2 rings (SSSR count). The zero-order chi connectivity index (χ0) is 12.3. The lowest BCUT2D eigenvalue weighted by atomic mass is 10.3. The fraction of sp³-hybridized carbons (Fsp3) is 0.100. The highest BCUT2D eigenvalue weighted by Gasteiger charge is 2.12. The van der Waals surface area contributed by atoms with Crippen molar-refractivity contribution in [2.45, 2.75) is 6.92 Å². The van der Waals surface area contributed by atoms with E-state index in [2.05, 4.69) is 25.5 Å². The molecule has 0 bridgehead atoms. The van der Waals surface area contributed by atoms with Crippen molar-refractivity contribution >= 4 is 23.2 Å². The number of carbonyl (C=O) groups is 1. The molecule has 0 fully saturated rings. The van der Waals surface area contributed by atoms with E-state index in [1.165, 1.54) is 18.6 Å². The molecule has 0 aliphatic rings. The minimum atomic E-state index is -0.435. The normalized spacial score (nSPS) is 10.0. The van der Waals surface area contributed by atoms with Gasteiger partial charge in [-0.1, -0.05) is 11.6 Å². The van der Waals surface area contributed by atoms with Crippen LogP contribution >= 0.6 is 11.6 Å². The SMILES string of the molecule is Cc1cc(NC(=O)c2nccnc2Cl)cnn1. The van der Waals surface area contributed by atoms with Gasteiger partial charge in [-0.15, -0.1) is 0 Å². The minimum absolute atomic E-state index is 0.0590. The highest BCUT2D eigenvalue weighted by atomic mass is 35.5. The summed E-state index contributed by atoms with van der Waals surface area (Å²) in [6.45, 7) is 1.78. The summed E-state index contributed by atoms with van der Waals surface area (Å²) >= 11 is 5.75. The minimum Gasteiger partial charge on any atom is -0.319 e. The van der Waals surface area contributed by atoms with Crippen molar-refractivity contribution in [1.29, 1.82) is 0 Å². The Morgan fingerprint density at radius 2 is 2.12 bits per heavy atom. The second kappa shape index (κ2) is 4.84. The van der Waals surface area contributed by atoms with Crippen LogP contribution in [0.4, 0.5) is 5.69 Å². The third-order valence-electron chi connectivity index (χ3n) is 1.90. The third kappa shape index (κ3) is 2.73.